The highest BCUT2D eigenvalue weighted by Gasteiger charge is 2.07. The van der Waals surface area contributed by atoms with Crippen LogP contribution in [0.15, 0.2) is 29.6 Å². The third-order valence-electron chi connectivity index (χ3n) is 2.58. The minimum absolute atomic E-state index is 0.640. The molecular weight excluding hydrogens is 266 g/mol. The Labute approximate surface area is 116 Å². The average molecular weight is 282 g/mol. The smallest absolute Gasteiger partial charge is 0.185 e. The Kier molecular flexibility index (Phi) is 4.58. The summed E-state index contributed by atoms with van der Waals surface area (Å²) in [6.45, 7) is 1.44. The fraction of sp³-hybridized carbons (Fsp3) is 0.308. The quantitative estimate of drug-likeness (QED) is 0.916. The van der Waals surface area contributed by atoms with Crippen LogP contribution in [0.25, 0.3) is 0 Å². The Morgan fingerprint density at radius 3 is 3.00 bits per heavy atom. The van der Waals surface area contributed by atoms with Gasteiger partial charge in [-0.05, 0) is 24.2 Å². The van der Waals surface area contributed by atoms with E-state index in [1.807, 2.05) is 25.2 Å². The second-order valence-electron chi connectivity index (χ2n) is 4.15. The minimum atomic E-state index is 0.640. The first-order valence-electron chi connectivity index (χ1n) is 5.79. The van der Waals surface area contributed by atoms with Crippen molar-refractivity contribution in [2.75, 3.05) is 18.5 Å². The second-order valence-corrected chi connectivity index (χ2v) is 5.42. The van der Waals surface area contributed by atoms with E-state index in [-0.39, 0.29) is 0 Å². The van der Waals surface area contributed by atoms with Gasteiger partial charge >= 0.3 is 0 Å². The van der Waals surface area contributed by atoms with Gasteiger partial charge in [-0.1, -0.05) is 23.7 Å². The van der Waals surface area contributed by atoms with Crippen LogP contribution in [0.5, 0.6) is 0 Å². The summed E-state index contributed by atoms with van der Waals surface area (Å²) in [6, 6.07) is 7.89. The first kappa shape index (κ1) is 13.3. The fourth-order valence-electron chi connectivity index (χ4n) is 1.71. The van der Waals surface area contributed by atoms with Crippen LogP contribution in [0, 0.1) is 0 Å². The van der Waals surface area contributed by atoms with Gasteiger partial charge in [0, 0.05) is 30.4 Å². The van der Waals surface area contributed by atoms with Crippen molar-refractivity contribution >= 4 is 28.1 Å². The molecule has 0 radical (unpaired) electrons. The molecule has 0 aliphatic rings. The van der Waals surface area contributed by atoms with Gasteiger partial charge in [0.1, 0.15) is 0 Å². The number of anilines is 1. The van der Waals surface area contributed by atoms with E-state index in [1.165, 1.54) is 5.56 Å². The predicted octanol–water partition coefficient (Wildman–Crippen LogP) is 2.93. The van der Waals surface area contributed by atoms with Crippen molar-refractivity contribution in [1.82, 2.24) is 4.98 Å². The number of halogens is 1. The first-order chi connectivity index (χ1) is 8.69. The summed E-state index contributed by atoms with van der Waals surface area (Å²) in [5, 5.41) is 3.85. The maximum Gasteiger partial charge on any atom is 0.185 e. The molecule has 2 N–H and O–H groups in total. The molecule has 0 atom stereocenters. The number of nitrogens with two attached hydrogens (primary N) is 1. The predicted molar refractivity (Wildman–Crippen MR) is 78.4 cm³/mol. The number of aromatic nitrogens is 1. The molecule has 0 amide bonds. The molecule has 96 valence electrons. The summed E-state index contributed by atoms with van der Waals surface area (Å²) < 4.78 is 0. The van der Waals surface area contributed by atoms with Crippen molar-refractivity contribution in [2.24, 2.45) is 5.73 Å². The summed E-state index contributed by atoms with van der Waals surface area (Å²) in [6.07, 6.45) is 0.835. The Hall–Kier alpha value is -1.10. The van der Waals surface area contributed by atoms with Crippen molar-refractivity contribution in [1.29, 1.82) is 0 Å². The van der Waals surface area contributed by atoms with Crippen LogP contribution in [-0.4, -0.2) is 18.6 Å². The molecule has 5 heteroatoms. The molecule has 0 spiro atoms. The van der Waals surface area contributed by atoms with Gasteiger partial charge in [-0.25, -0.2) is 4.98 Å². The van der Waals surface area contributed by atoms with Crippen molar-refractivity contribution in [3.63, 3.8) is 0 Å². The van der Waals surface area contributed by atoms with Gasteiger partial charge in [0.2, 0.25) is 0 Å². The van der Waals surface area contributed by atoms with Crippen molar-refractivity contribution in [3.8, 4) is 0 Å². The Morgan fingerprint density at radius 2 is 2.28 bits per heavy atom. The molecule has 3 nitrogen and oxygen atoms in total. The lowest BCUT2D eigenvalue weighted by Gasteiger charge is -2.15. The lowest BCUT2D eigenvalue weighted by Crippen LogP contribution is -2.16. The molecule has 1 heterocycles. The maximum atomic E-state index is 5.97. The Bertz CT molecular complexity index is 512. The Morgan fingerprint density at radius 1 is 1.44 bits per heavy atom. The van der Waals surface area contributed by atoms with E-state index in [0.717, 1.165) is 28.8 Å². The van der Waals surface area contributed by atoms with Crippen LogP contribution < -0.4 is 10.6 Å². The van der Waals surface area contributed by atoms with E-state index in [4.69, 9.17) is 17.3 Å². The molecule has 0 saturated heterocycles. The van der Waals surface area contributed by atoms with E-state index in [1.54, 1.807) is 11.3 Å². The van der Waals surface area contributed by atoms with Crippen molar-refractivity contribution in [3.05, 3.63) is 45.9 Å². The van der Waals surface area contributed by atoms with Crippen LogP contribution in [0.3, 0.4) is 0 Å². The number of hydrogen-bond donors (Lipinski definition) is 1. The van der Waals surface area contributed by atoms with Gasteiger partial charge in [0.25, 0.3) is 0 Å². The number of hydrogen-bond acceptors (Lipinski definition) is 4. The highest BCUT2D eigenvalue weighted by molar-refractivity contribution is 7.13. The lowest BCUT2D eigenvalue weighted by molar-refractivity contribution is 0.888. The average Bonchev–Trinajstić information content (AvgIpc) is 2.78. The molecular formula is C13H16ClN3S. The lowest BCUT2D eigenvalue weighted by atomic mass is 10.2. The van der Waals surface area contributed by atoms with Crippen LogP contribution in [0.1, 0.15) is 11.3 Å². The van der Waals surface area contributed by atoms with Gasteiger partial charge in [-0.2, -0.15) is 0 Å². The Balaban J connectivity index is 2.04. The zero-order valence-corrected chi connectivity index (χ0v) is 11.8. The number of thiazole rings is 1. The minimum Gasteiger partial charge on any atom is -0.347 e. The molecule has 0 aliphatic heterocycles. The van der Waals surface area contributed by atoms with E-state index in [9.17, 15) is 0 Å². The summed E-state index contributed by atoms with van der Waals surface area (Å²) in [5.74, 6) is 0. The van der Waals surface area contributed by atoms with Gasteiger partial charge in [0.15, 0.2) is 5.13 Å². The topological polar surface area (TPSA) is 42.2 Å². The molecule has 1 aromatic heterocycles. The summed E-state index contributed by atoms with van der Waals surface area (Å²) in [5.41, 5.74) is 7.77. The molecule has 0 fully saturated rings. The van der Waals surface area contributed by atoms with Crippen molar-refractivity contribution < 1.29 is 0 Å². The van der Waals surface area contributed by atoms with Gasteiger partial charge in [-0.15, -0.1) is 11.3 Å². The molecule has 2 rings (SSSR count). The van der Waals surface area contributed by atoms with E-state index in [2.05, 4.69) is 21.3 Å². The summed E-state index contributed by atoms with van der Waals surface area (Å²) in [4.78, 5) is 6.67. The zero-order valence-electron chi connectivity index (χ0n) is 10.3. The summed E-state index contributed by atoms with van der Waals surface area (Å²) >= 11 is 7.62. The standard InChI is InChI=1S/C13H16ClN3S/c1-17(8-10-3-2-4-11(14)7-10)13-16-12(5-6-15)9-18-13/h2-4,7,9H,5-6,8,15H2,1H3. The van der Waals surface area contributed by atoms with E-state index in [0.29, 0.717) is 6.54 Å². The fourth-order valence-corrected chi connectivity index (χ4v) is 2.75. The molecule has 0 unspecified atom stereocenters. The van der Waals surface area contributed by atoms with E-state index >= 15 is 0 Å². The highest BCUT2D eigenvalue weighted by atomic mass is 35.5. The highest BCUT2D eigenvalue weighted by Crippen LogP contribution is 2.22. The zero-order chi connectivity index (χ0) is 13.0. The molecule has 1 aromatic carbocycles. The molecule has 0 saturated carbocycles. The van der Waals surface area contributed by atoms with Crippen LogP contribution in [0.2, 0.25) is 5.02 Å². The van der Waals surface area contributed by atoms with Crippen molar-refractivity contribution in [2.45, 2.75) is 13.0 Å². The molecule has 0 bridgehead atoms. The number of nitrogens with zero attached hydrogens (tertiary/aromatic N) is 2. The first-order valence-corrected chi connectivity index (χ1v) is 7.05. The largest absolute Gasteiger partial charge is 0.347 e. The molecule has 2 aromatic rings. The molecule has 18 heavy (non-hydrogen) atoms. The van der Waals surface area contributed by atoms with Gasteiger partial charge < -0.3 is 10.6 Å². The number of rotatable bonds is 5. The number of benzene rings is 1. The third kappa shape index (κ3) is 3.45. The van der Waals surface area contributed by atoms with Crippen LogP contribution >= 0.6 is 22.9 Å². The van der Waals surface area contributed by atoms with E-state index < -0.39 is 0 Å². The third-order valence-corrected chi connectivity index (χ3v) is 3.81. The normalized spacial score (nSPS) is 10.6. The van der Waals surface area contributed by atoms with Gasteiger partial charge in [-0.3, -0.25) is 0 Å². The second kappa shape index (κ2) is 6.18. The summed E-state index contributed by atoms with van der Waals surface area (Å²) in [7, 11) is 2.03. The maximum absolute atomic E-state index is 5.97. The monoisotopic (exact) mass is 281 g/mol. The van der Waals surface area contributed by atoms with Gasteiger partial charge in [0.05, 0.1) is 5.69 Å². The van der Waals surface area contributed by atoms with Crippen LogP contribution in [0.4, 0.5) is 5.13 Å². The SMILES string of the molecule is CN(Cc1cccc(Cl)c1)c1nc(CCN)cs1. The molecule has 0 aliphatic carbocycles. The van der Waals surface area contributed by atoms with Crippen LogP contribution in [-0.2, 0) is 13.0 Å².